The molecule has 1 aromatic heterocycles. The fourth-order valence-corrected chi connectivity index (χ4v) is 1.64. The lowest BCUT2D eigenvalue weighted by Gasteiger charge is -2.18. The van der Waals surface area contributed by atoms with Gasteiger partial charge in [-0.3, -0.25) is 14.9 Å². The molecular weight excluding hydrogens is 280 g/mol. The minimum atomic E-state index is -0.583. The van der Waals surface area contributed by atoms with Crippen molar-refractivity contribution in [3.8, 4) is 0 Å². The first-order valence-corrected chi connectivity index (χ1v) is 6.15. The smallest absolute Gasteiger partial charge is 0.353 e. The molecule has 1 aromatic rings. The largest absolute Gasteiger partial charge is 0.383 e. The Morgan fingerprint density at radius 2 is 2.24 bits per heavy atom. The predicted molar refractivity (Wildman–Crippen MR) is 76.4 cm³/mol. The Bertz CT molecular complexity index is 509. The van der Waals surface area contributed by atoms with Crippen molar-refractivity contribution in [1.82, 2.24) is 15.3 Å². The van der Waals surface area contributed by atoms with Crippen LogP contribution >= 0.6 is 0 Å². The average molecular weight is 298 g/mol. The number of rotatable bonds is 8. The summed E-state index contributed by atoms with van der Waals surface area (Å²) in [6.07, 6.45) is 1.20. The minimum absolute atomic E-state index is 0.0648. The summed E-state index contributed by atoms with van der Waals surface area (Å²) in [4.78, 5) is 31.3. The molecule has 0 aliphatic carbocycles. The zero-order valence-corrected chi connectivity index (χ0v) is 12.1. The van der Waals surface area contributed by atoms with Crippen molar-refractivity contribution in [2.24, 2.45) is 0 Å². The summed E-state index contributed by atoms with van der Waals surface area (Å²) in [6, 6.07) is 0. The summed E-state index contributed by atoms with van der Waals surface area (Å²) in [6.45, 7) is 0.703. The molecule has 0 bridgehead atoms. The molecule has 1 rings (SSSR count). The Kier molecular flexibility index (Phi) is 6.27. The van der Waals surface area contributed by atoms with Gasteiger partial charge in [0.1, 0.15) is 6.33 Å². The van der Waals surface area contributed by atoms with E-state index in [9.17, 15) is 14.9 Å². The summed E-state index contributed by atoms with van der Waals surface area (Å²) in [5.41, 5.74) is -0.271. The van der Waals surface area contributed by atoms with Crippen LogP contribution in [-0.4, -0.2) is 61.7 Å². The van der Waals surface area contributed by atoms with E-state index < -0.39 is 4.92 Å². The van der Waals surface area contributed by atoms with E-state index in [0.717, 1.165) is 0 Å². The molecule has 1 heterocycles. The molecule has 2 N–H and O–H groups in total. The number of carbonyl (C=O) groups excluding carboxylic acids is 1. The van der Waals surface area contributed by atoms with Gasteiger partial charge >= 0.3 is 5.69 Å². The molecule has 116 valence electrons. The van der Waals surface area contributed by atoms with Crippen LogP contribution in [0.3, 0.4) is 0 Å². The lowest BCUT2D eigenvalue weighted by Crippen LogP contribution is -2.37. The maximum atomic E-state index is 11.7. The zero-order valence-electron chi connectivity index (χ0n) is 12.1. The van der Waals surface area contributed by atoms with Gasteiger partial charge in [0.2, 0.25) is 17.5 Å². The van der Waals surface area contributed by atoms with Crippen molar-refractivity contribution in [2.75, 3.05) is 51.1 Å². The Balaban J connectivity index is 2.84. The number of ether oxygens (including phenoxy) is 1. The molecule has 0 aliphatic heterocycles. The van der Waals surface area contributed by atoms with Gasteiger partial charge in [0, 0.05) is 27.7 Å². The molecule has 10 nitrogen and oxygen atoms in total. The number of nitrogens with zero attached hydrogens (tertiary/aromatic N) is 4. The molecule has 10 heteroatoms. The van der Waals surface area contributed by atoms with Gasteiger partial charge in [0.25, 0.3) is 0 Å². The maximum Gasteiger partial charge on any atom is 0.353 e. The van der Waals surface area contributed by atoms with Crippen LogP contribution in [0.1, 0.15) is 0 Å². The molecule has 0 spiro atoms. The Morgan fingerprint density at radius 3 is 2.81 bits per heavy atom. The lowest BCUT2D eigenvalue weighted by atomic mass is 10.4. The quantitative estimate of drug-likeness (QED) is 0.378. The number of hydrogen-bond donors (Lipinski definition) is 2. The number of anilines is 2. The van der Waals surface area contributed by atoms with Crippen LogP contribution in [-0.2, 0) is 9.53 Å². The van der Waals surface area contributed by atoms with Crippen LogP contribution in [0.25, 0.3) is 0 Å². The second-order valence-electron chi connectivity index (χ2n) is 4.10. The molecule has 21 heavy (non-hydrogen) atoms. The Morgan fingerprint density at radius 1 is 1.52 bits per heavy atom. The molecule has 0 unspecified atom stereocenters. The average Bonchev–Trinajstić information content (AvgIpc) is 2.46. The van der Waals surface area contributed by atoms with Gasteiger partial charge in [-0.2, -0.15) is 0 Å². The van der Waals surface area contributed by atoms with Gasteiger partial charge in [-0.15, -0.1) is 0 Å². The summed E-state index contributed by atoms with van der Waals surface area (Å²) in [7, 11) is 4.60. The van der Waals surface area contributed by atoms with E-state index in [-0.39, 0.29) is 29.8 Å². The van der Waals surface area contributed by atoms with E-state index in [1.54, 1.807) is 7.05 Å². The third-order valence-corrected chi connectivity index (χ3v) is 2.59. The topological polar surface area (TPSA) is 123 Å². The predicted octanol–water partition coefficient (Wildman–Crippen LogP) is -0.375. The van der Waals surface area contributed by atoms with Crippen LogP contribution < -0.4 is 15.5 Å². The van der Waals surface area contributed by atoms with Crippen LogP contribution in [0.5, 0.6) is 0 Å². The first-order valence-electron chi connectivity index (χ1n) is 6.15. The first kappa shape index (κ1) is 16.6. The molecule has 1 amide bonds. The van der Waals surface area contributed by atoms with Gasteiger partial charge < -0.3 is 20.3 Å². The van der Waals surface area contributed by atoms with Crippen molar-refractivity contribution in [3.63, 3.8) is 0 Å². The summed E-state index contributed by atoms with van der Waals surface area (Å²) >= 11 is 0. The van der Waals surface area contributed by atoms with Crippen molar-refractivity contribution >= 4 is 23.2 Å². The molecule has 0 fully saturated rings. The van der Waals surface area contributed by atoms with E-state index in [4.69, 9.17) is 4.74 Å². The van der Waals surface area contributed by atoms with Gasteiger partial charge in [-0.25, -0.2) is 9.97 Å². The normalized spacial score (nSPS) is 10.0. The second-order valence-corrected chi connectivity index (χ2v) is 4.10. The Labute approximate surface area is 121 Å². The highest BCUT2D eigenvalue weighted by Gasteiger charge is 2.25. The fraction of sp³-hybridized carbons (Fsp3) is 0.545. The van der Waals surface area contributed by atoms with Gasteiger partial charge in [-0.1, -0.05) is 0 Å². The molecular formula is C11H18N6O4. The standard InChI is InChI=1S/C11H18N6O4/c1-12-10-9(17(19)20)11(15-7-14-10)16(2)6-8(18)13-4-5-21-3/h7H,4-6H2,1-3H3,(H,13,18)(H,12,14,15). The molecule has 0 atom stereocenters. The molecule has 0 radical (unpaired) electrons. The fourth-order valence-electron chi connectivity index (χ4n) is 1.64. The molecule has 0 aromatic carbocycles. The molecule has 0 saturated heterocycles. The molecule has 0 aliphatic rings. The molecule has 0 saturated carbocycles. The van der Waals surface area contributed by atoms with E-state index in [1.165, 1.54) is 25.4 Å². The Hall–Kier alpha value is -2.49. The summed E-state index contributed by atoms with van der Waals surface area (Å²) < 4.78 is 4.82. The number of methoxy groups -OCH3 is 1. The number of amides is 1. The highest BCUT2D eigenvalue weighted by Crippen LogP contribution is 2.30. The monoisotopic (exact) mass is 298 g/mol. The lowest BCUT2D eigenvalue weighted by molar-refractivity contribution is -0.383. The number of nitro groups is 1. The minimum Gasteiger partial charge on any atom is -0.383 e. The van der Waals surface area contributed by atoms with Crippen molar-refractivity contribution in [2.45, 2.75) is 0 Å². The van der Waals surface area contributed by atoms with E-state index >= 15 is 0 Å². The maximum absolute atomic E-state index is 11.7. The van der Waals surface area contributed by atoms with Gasteiger partial charge in [0.15, 0.2) is 0 Å². The number of nitrogens with one attached hydrogen (secondary N) is 2. The second kappa shape index (κ2) is 7.94. The van der Waals surface area contributed by atoms with Gasteiger partial charge in [0.05, 0.1) is 18.1 Å². The third-order valence-electron chi connectivity index (χ3n) is 2.59. The zero-order chi connectivity index (χ0) is 15.8. The number of hydrogen-bond acceptors (Lipinski definition) is 8. The van der Waals surface area contributed by atoms with Crippen LogP contribution in [0, 0.1) is 10.1 Å². The first-order chi connectivity index (χ1) is 10.0. The third kappa shape index (κ3) is 4.53. The summed E-state index contributed by atoms with van der Waals surface area (Å²) in [5, 5.41) is 16.4. The number of likely N-dealkylation sites (N-methyl/N-ethyl adjacent to an activating group) is 1. The highest BCUT2D eigenvalue weighted by atomic mass is 16.6. The number of aromatic nitrogens is 2. The SMILES string of the molecule is CNc1ncnc(N(C)CC(=O)NCCOC)c1[N+](=O)[O-]. The van der Waals surface area contributed by atoms with Crippen LogP contribution in [0.4, 0.5) is 17.3 Å². The van der Waals surface area contributed by atoms with Crippen LogP contribution in [0.2, 0.25) is 0 Å². The van der Waals surface area contributed by atoms with E-state index in [1.807, 2.05) is 0 Å². The van der Waals surface area contributed by atoms with Crippen LogP contribution in [0.15, 0.2) is 6.33 Å². The van der Waals surface area contributed by atoms with Crippen molar-refractivity contribution < 1.29 is 14.5 Å². The highest BCUT2D eigenvalue weighted by molar-refractivity contribution is 5.82. The summed E-state index contributed by atoms with van der Waals surface area (Å²) in [5.74, 6) is -0.119. The van der Waals surface area contributed by atoms with Crippen molar-refractivity contribution in [1.29, 1.82) is 0 Å². The van der Waals surface area contributed by atoms with E-state index in [0.29, 0.717) is 13.2 Å². The van der Waals surface area contributed by atoms with Crippen molar-refractivity contribution in [3.05, 3.63) is 16.4 Å². The van der Waals surface area contributed by atoms with Gasteiger partial charge in [-0.05, 0) is 0 Å². The van der Waals surface area contributed by atoms with E-state index in [2.05, 4.69) is 20.6 Å². The number of carbonyl (C=O) groups is 1.